The van der Waals surface area contributed by atoms with E-state index in [4.69, 9.17) is 18.9 Å². The van der Waals surface area contributed by atoms with E-state index in [9.17, 15) is 60.0 Å². The van der Waals surface area contributed by atoms with Crippen LogP contribution in [0, 0.1) is 50.2 Å². The molecule has 7 aliphatic rings. The molecule has 0 radical (unpaired) electrons. The van der Waals surface area contributed by atoms with Gasteiger partial charge in [0.1, 0.15) is 36.6 Å². The van der Waals surface area contributed by atoms with Gasteiger partial charge in [0.05, 0.1) is 11.5 Å². The molecule has 16 heteroatoms. The van der Waals surface area contributed by atoms with Gasteiger partial charge < -0.3 is 59.8 Å². The lowest BCUT2D eigenvalue weighted by atomic mass is 9.33. The maximum absolute atomic E-state index is 14.8. The fraction of sp³-hybridized carbons (Fsp3) is 0.860. The molecule has 0 bridgehead atoms. The number of aliphatic carboxylic acids is 3. The first-order valence-electron chi connectivity index (χ1n) is 20.7. The van der Waals surface area contributed by atoms with E-state index in [0.717, 1.165) is 37.7 Å². The van der Waals surface area contributed by atoms with Gasteiger partial charge in [-0.15, -0.1) is 0 Å². The molecule has 2 heterocycles. The molecule has 2 aliphatic heterocycles. The van der Waals surface area contributed by atoms with Gasteiger partial charge in [-0.3, -0.25) is 9.59 Å². The third-order valence-corrected chi connectivity index (χ3v) is 17.2. The summed E-state index contributed by atoms with van der Waals surface area (Å²) in [6.45, 7) is 14.8. The molecule has 6 fully saturated rings. The van der Waals surface area contributed by atoms with Gasteiger partial charge >= 0.3 is 17.9 Å². The molecule has 0 amide bonds. The highest BCUT2D eigenvalue weighted by Crippen LogP contribution is 2.75. The van der Waals surface area contributed by atoms with Gasteiger partial charge in [0.15, 0.2) is 30.6 Å². The van der Waals surface area contributed by atoms with Gasteiger partial charge in [-0.05, 0) is 110 Å². The smallest absolute Gasteiger partial charge is 0.335 e. The lowest BCUT2D eigenvalue weighted by Crippen LogP contribution is -2.68. The second kappa shape index (κ2) is 15.1. The number of ketones is 1. The minimum atomic E-state index is -2.05. The highest BCUT2D eigenvalue weighted by molar-refractivity contribution is 5.95. The highest BCUT2D eigenvalue weighted by Gasteiger charge is 2.71. The minimum absolute atomic E-state index is 0. The molecule has 16 nitrogen and oxygen atoms in total. The average Bonchev–Trinajstić information content (AvgIpc) is 3.13. The van der Waals surface area contributed by atoms with Crippen LogP contribution in [0.5, 0.6) is 0 Å². The first kappa shape index (κ1) is 46.0. The molecule has 19 atom stereocenters. The number of rotatable bonds is 7. The number of carboxylic acids is 3. The van der Waals surface area contributed by atoms with Crippen molar-refractivity contribution in [3.8, 4) is 0 Å². The number of hydrogen-bond donors (Lipinski definition) is 8. The van der Waals surface area contributed by atoms with E-state index in [1.54, 1.807) is 0 Å². The SMILES string of the molecule is C.CC1(C)[C@@H](O[C@H]2O[C@H](C(=O)O)[C@@H](O)[C@H](O)[C@H]2O[C@@H]2O[C@H](C(=O)O)[C@@H](O)[C@H](O)[C@H]2O)CC[C@]2(C)[C@H]3C(=O)C=C4[C@@H]5C[C@@](C)(C(=O)O)CC[C@]5(C)CC[C@@]4(C)[C@]3(C)CC[C@@H]12. The number of aliphatic hydroxyl groups is 5. The Morgan fingerprint density at radius 3 is 1.86 bits per heavy atom. The quantitative estimate of drug-likeness (QED) is 0.171. The van der Waals surface area contributed by atoms with Crippen LogP contribution in [0.15, 0.2) is 11.6 Å². The van der Waals surface area contributed by atoms with Crippen LogP contribution < -0.4 is 0 Å². The van der Waals surface area contributed by atoms with Crippen LogP contribution in [-0.2, 0) is 38.1 Å². The summed E-state index contributed by atoms with van der Waals surface area (Å²) in [7, 11) is 0. The molecule has 8 N–H and O–H groups in total. The Balaban J connectivity index is 0.00000585. The van der Waals surface area contributed by atoms with Crippen molar-refractivity contribution in [3.05, 3.63) is 11.6 Å². The number of fused-ring (bicyclic) bond motifs is 7. The Morgan fingerprint density at radius 1 is 0.695 bits per heavy atom. The lowest BCUT2D eigenvalue weighted by Gasteiger charge is -2.70. The topological polar surface area (TPSA) is 267 Å². The lowest BCUT2D eigenvalue weighted by molar-refractivity contribution is -0.371. The van der Waals surface area contributed by atoms with E-state index >= 15 is 0 Å². The van der Waals surface area contributed by atoms with Crippen molar-refractivity contribution < 1.29 is 79.0 Å². The molecule has 4 saturated carbocycles. The van der Waals surface area contributed by atoms with Crippen molar-refractivity contribution in [2.75, 3.05) is 0 Å². The van der Waals surface area contributed by atoms with Crippen LogP contribution in [-0.4, -0.2) is 132 Å². The molecule has 7 rings (SSSR count). The minimum Gasteiger partial charge on any atom is -0.481 e. The van der Waals surface area contributed by atoms with Gasteiger partial charge in [-0.25, -0.2) is 9.59 Å². The second-order valence-corrected chi connectivity index (χ2v) is 20.6. The molecule has 0 unspecified atom stereocenters. The molecule has 0 aromatic carbocycles. The molecule has 0 aromatic heterocycles. The number of aliphatic hydroxyl groups excluding tert-OH is 5. The van der Waals surface area contributed by atoms with Gasteiger partial charge in [0, 0.05) is 5.92 Å². The monoisotopic (exact) mass is 838 g/mol. The van der Waals surface area contributed by atoms with Crippen molar-refractivity contribution in [1.29, 1.82) is 0 Å². The normalized spacial score (nSPS) is 51.7. The third kappa shape index (κ3) is 6.73. The van der Waals surface area contributed by atoms with Gasteiger partial charge in [0.2, 0.25) is 0 Å². The van der Waals surface area contributed by atoms with E-state index in [1.807, 2.05) is 26.8 Å². The standard InChI is InChI=1S/C42H62O16.CH4/c1-37(2)21-8-11-42(7)31(20(43)16-18-19-17-39(4,36(53)54)13-12-38(19,3)14-15-41(18,42)6)40(21,5)10-9-22(37)55-35-30(26(47)25(46)29(57-35)33(51)52)58-34-27(48)23(44)24(45)28(56-34)32(49)50;/h16,19,21-31,34-35,44-48H,8-15,17H2,1-7H3,(H,49,50)(H,51,52)(H,53,54);1H4/t19-,21-,22-,23-,24-,25-,26-,27+,28-,29-,30+,31+,34-,35-,38+,39-,40-,41+,42+;/m0./s1. The zero-order valence-corrected chi connectivity index (χ0v) is 34.4. The highest BCUT2D eigenvalue weighted by atomic mass is 16.8. The Morgan fingerprint density at radius 2 is 1.27 bits per heavy atom. The van der Waals surface area contributed by atoms with Crippen LogP contribution in [0.25, 0.3) is 0 Å². The molecule has 2 saturated heterocycles. The summed E-state index contributed by atoms with van der Waals surface area (Å²) in [5, 5.41) is 83.0. The van der Waals surface area contributed by atoms with Crippen LogP contribution in [0.4, 0.5) is 0 Å². The predicted octanol–water partition coefficient (Wildman–Crippen LogP) is 2.88. The Hall–Kier alpha value is -2.54. The maximum atomic E-state index is 14.8. The summed E-state index contributed by atoms with van der Waals surface area (Å²) in [6, 6.07) is 0. The van der Waals surface area contributed by atoms with Crippen LogP contribution >= 0.6 is 0 Å². The van der Waals surface area contributed by atoms with Gasteiger partial charge in [-0.1, -0.05) is 54.5 Å². The molecular formula is C43H66O16. The zero-order valence-electron chi connectivity index (χ0n) is 34.4. The zero-order chi connectivity index (χ0) is 42.9. The van der Waals surface area contributed by atoms with Crippen molar-refractivity contribution in [2.45, 2.75) is 181 Å². The van der Waals surface area contributed by atoms with Gasteiger partial charge in [-0.2, -0.15) is 0 Å². The average molecular weight is 839 g/mol. The number of carboxylic acid groups (broad SMARTS) is 3. The first-order chi connectivity index (χ1) is 26.8. The summed E-state index contributed by atoms with van der Waals surface area (Å²) in [5.41, 5.74) is -1.81. The van der Waals surface area contributed by atoms with Gasteiger partial charge in [0.25, 0.3) is 0 Å². The van der Waals surface area contributed by atoms with Crippen LogP contribution in [0.1, 0.15) is 114 Å². The fourth-order valence-corrected chi connectivity index (χ4v) is 13.4. The van der Waals surface area contributed by atoms with Crippen LogP contribution in [0.2, 0.25) is 0 Å². The predicted molar refractivity (Wildman–Crippen MR) is 206 cm³/mol. The van der Waals surface area contributed by atoms with Crippen LogP contribution in [0.3, 0.4) is 0 Å². The summed E-state index contributed by atoms with van der Waals surface area (Å²) < 4.78 is 23.4. The fourth-order valence-electron chi connectivity index (χ4n) is 13.4. The number of ether oxygens (including phenoxy) is 4. The number of allylic oxidation sites excluding steroid dienone is 2. The molecule has 0 spiro atoms. The molecule has 0 aromatic rings. The summed E-state index contributed by atoms with van der Waals surface area (Å²) >= 11 is 0. The molecule has 334 valence electrons. The van der Waals surface area contributed by atoms with E-state index < -0.39 is 107 Å². The Kier molecular flexibility index (Phi) is 11.7. The number of hydrogen-bond acceptors (Lipinski definition) is 13. The second-order valence-electron chi connectivity index (χ2n) is 20.6. The number of carbonyl (C=O) groups excluding carboxylic acids is 1. The summed E-state index contributed by atoms with van der Waals surface area (Å²) in [4.78, 5) is 51.3. The maximum Gasteiger partial charge on any atom is 0.335 e. The molecule has 5 aliphatic carbocycles. The summed E-state index contributed by atoms with van der Waals surface area (Å²) in [6.07, 6.45) is -12.2. The van der Waals surface area contributed by atoms with E-state index in [0.29, 0.717) is 25.7 Å². The Labute approximate surface area is 345 Å². The van der Waals surface area contributed by atoms with E-state index in [1.165, 1.54) is 0 Å². The number of carbonyl (C=O) groups is 4. The van der Waals surface area contributed by atoms with Crippen molar-refractivity contribution in [1.82, 2.24) is 0 Å². The van der Waals surface area contributed by atoms with Crippen molar-refractivity contribution in [2.24, 2.45) is 50.2 Å². The van der Waals surface area contributed by atoms with Crippen molar-refractivity contribution >= 4 is 23.7 Å². The van der Waals surface area contributed by atoms with Crippen molar-refractivity contribution in [3.63, 3.8) is 0 Å². The first-order valence-corrected chi connectivity index (χ1v) is 20.7. The third-order valence-electron chi connectivity index (χ3n) is 17.2. The van der Waals surface area contributed by atoms with E-state index in [-0.39, 0.29) is 41.8 Å². The summed E-state index contributed by atoms with van der Waals surface area (Å²) in [5.74, 6) is -4.47. The molecular weight excluding hydrogens is 772 g/mol. The Bertz CT molecular complexity index is 1730. The van der Waals surface area contributed by atoms with E-state index in [2.05, 4.69) is 27.7 Å². The molecule has 59 heavy (non-hydrogen) atoms. The largest absolute Gasteiger partial charge is 0.481 e.